The van der Waals surface area contributed by atoms with Crippen LogP contribution in [-0.2, 0) is 9.53 Å². The van der Waals surface area contributed by atoms with Crippen LogP contribution in [0.4, 0.5) is 4.39 Å². The monoisotopic (exact) mass is 247 g/mol. The summed E-state index contributed by atoms with van der Waals surface area (Å²) in [5, 5.41) is 9.15. The summed E-state index contributed by atoms with van der Waals surface area (Å²) in [4.78, 5) is 12.2. The number of halogens is 1. The van der Waals surface area contributed by atoms with Crippen molar-refractivity contribution in [2.45, 2.75) is 18.8 Å². The minimum Gasteiger partial charge on any atom is -0.381 e. The van der Waals surface area contributed by atoms with E-state index in [9.17, 15) is 9.18 Å². The van der Waals surface area contributed by atoms with Gasteiger partial charge in [0.2, 0.25) is 0 Å². The van der Waals surface area contributed by atoms with Gasteiger partial charge in [0, 0.05) is 19.1 Å². The van der Waals surface area contributed by atoms with Crippen LogP contribution >= 0.6 is 0 Å². The SMILES string of the molecule is N#CC(C(=O)C1CCOCC1)c1ccc(F)cc1. The lowest BCUT2D eigenvalue weighted by Gasteiger charge is -2.22. The summed E-state index contributed by atoms with van der Waals surface area (Å²) in [5.41, 5.74) is 0.565. The Kier molecular flexibility index (Phi) is 4.06. The van der Waals surface area contributed by atoms with E-state index in [0.29, 0.717) is 31.6 Å². The summed E-state index contributed by atoms with van der Waals surface area (Å²) in [6.07, 6.45) is 1.33. The fourth-order valence-corrected chi connectivity index (χ4v) is 2.18. The zero-order valence-corrected chi connectivity index (χ0v) is 9.93. The Morgan fingerprint density at radius 1 is 1.33 bits per heavy atom. The highest BCUT2D eigenvalue weighted by Gasteiger charge is 2.29. The number of Topliss-reactive ketones (excluding diaryl/α,β-unsaturated/α-hetero) is 1. The van der Waals surface area contributed by atoms with Gasteiger partial charge < -0.3 is 4.74 Å². The van der Waals surface area contributed by atoms with Crippen molar-refractivity contribution in [1.82, 2.24) is 0 Å². The van der Waals surface area contributed by atoms with Gasteiger partial charge in [-0.05, 0) is 30.5 Å². The minimum absolute atomic E-state index is 0.0765. The van der Waals surface area contributed by atoms with Crippen LogP contribution in [-0.4, -0.2) is 19.0 Å². The van der Waals surface area contributed by atoms with Crippen LogP contribution in [0.3, 0.4) is 0 Å². The van der Waals surface area contributed by atoms with Gasteiger partial charge >= 0.3 is 0 Å². The molecule has 1 saturated heterocycles. The molecule has 0 saturated carbocycles. The Bertz CT molecular complexity index is 458. The Hall–Kier alpha value is -1.73. The largest absolute Gasteiger partial charge is 0.381 e. The molecule has 1 aliphatic rings. The predicted molar refractivity (Wildman–Crippen MR) is 63.3 cm³/mol. The van der Waals surface area contributed by atoms with Crippen LogP contribution in [0.25, 0.3) is 0 Å². The fourth-order valence-electron chi connectivity index (χ4n) is 2.18. The van der Waals surface area contributed by atoms with Gasteiger partial charge in [0.05, 0.1) is 6.07 Å². The van der Waals surface area contributed by atoms with Gasteiger partial charge in [0.15, 0.2) is 5.78 Å². The molecule has 0 N–H and O–H groups in total. The molecular weight excluding hydrogens is 233 g/mol. The third-order valence-electron chi connectivity index (χ3n) is 3.24. The molecule has 3 nitrogen and oxygen atoms in total. The van der Waals surface area contributed by atoms with Crippen molar-refractivity contribution in [3.05, 3.63) is 35.6 Å². The fraction of sp³-hybridized carbons (Fsp3) is 0.429. The van der Waals surface area contributed by atoms with Crippen LogP contribution in [0.5, 0.6) is 0 Å². The Morgan fingerprint density at radius 3 is 2.50 bits per heavy atom. The molecule has 1 aromatic rings. The number of hydrogen-bond acceptors (Lipinski definition) is 3. The molecule has 1 aromatic carbocycles. The van der Waals surface area contributed by atoms with Gasteiger partial charge in [-0.3, -0.25) is 4.79 Å². The third kappa shape index (κ3) is 2.74. The van der Waals surface area contributed by atoms with Crippen molar-refractivity contribution in [1.29, 1.82) is 5.26 Å². The van der Waals surface area contributed by atoms with Gasteiger partial charge in [0.1, 0.15) is 11.7 Å². The van der Waals surface area contributed by atoms with Gasteiger partial charge in [0.25, 0.3) is 0 Å². The molecule has 94 valence electrons. The standard InChI is InChI=1S/C14H14FNO2/c15-12-3-1-10(2-4-12)13(9-16)14(17)11-5-7-18-8-6-11/h1-4,11,13H,5-8H2. The molecule has 0 aromatic heterocycles. The summed E-state index contributed by atoms with van der Waals surface area (Å²) in [6, 6.07) is 7.57. The van der Waals surface area contributed by atoms with E-state index >= 15 is 0 Å². The highest BCUT2D eigenvalue weighted by molar-refractivity contribution is 5.90. The normalized spacial score (nSPS) is 18.0. The average Bonchev–Trinajstić information content (AvgIpc) is 2.42. The van der Waals surface area contributed by atoms with E-state index < -0.39 is 5.92 Å². The van der Waals surface area contributed by atoms with Crippen LogP contribution in [0, 0.1) is 23.1 Å². The molecule has 0 radical (unpaired) electrons. The second kappa shape index (κ2) is 5.74. The molecular formula is C14H14FNO2. The molecule has 0 spiro atoms. The number of ketones is 1. The van der Waals surface area contributed by atoms with E-state index in [-0.39, 0.29) is 17.5 Å². The molecule has 2 rings (SSSR count). The van der Waals surface area contributed by atoms with E-state index in [1.807, 2.05) is 6.07 Å². The predicted octanol–water partition coefficient (Wildman–Crippen LogP) is 2.43. The zero-order chi connectivity index (χ0) is 13.0. The summed E-state index contributed by atoms with van der Waals surface area (Å²) < 4.78 is 18.0. The number of benzene rings is 1. The Morgan fingerprint density at radius 2 is 1.94 bits per heavy atom. The van der Waals surface area contributed by atoms with Crippen molar-refractivity contribution in [2.75, 3.05) is 13.2 Å². The molecule has 1 aliphatic heterocycles. The topological polar surface area (TPSA) is 50.1 Å². The number of nitrogens with zero attached hydrogens (tertiary/aromatic N) is 1. The molecule has 1 heterocycles. The maximum Gasteiger partial charge on any atom is 0.157 e. The quantitative estimate of drug-likeness (QED) is 0.824. The molecule has 0 aliphatic carbocycles. The van der Waals surface area contributed by atoms with Crippen LogP contribution in [0.15, 0.2) is 24.3 Å². The molecule has 1 unspecified atom stereocenters. The molecule has 1 fully saturated rings. The lowest BCUT2D eigenvalue weighted by Crippen LogP contribution is -2.27. The van der Waals surface area contributed by atoms with Crippen molar-refractivity contribution in [3.8, 4) is 6.07 Å². The first kappa shape index (κ1) is 12.7. The van der Waals surface area contributed by atoms with Crippen molar-refractivity contribution >= 4 is 5.78 Å². The van der Waals surface area contributed by atoms with E-state index in [0.717, 1.165) is 0 Å². The Labute approximate surface area is 105 Å². The first-order valence-corrected chi connectivity index (χ1v) is 5.99. The molecule has 0 bridgehead atoms. The summed E-state index contributed by atoms with van der Waals surface area (Å²) in [5.74, 6) is -1.36. The second-order valence-corrected chi connectivity index (χ2v) is 4.40. The van der Waals surface area contributed by atoms with Gasteiger partial charge in [-0.2, -0.15) is 5.26 Å². The lowest BCUT2D eigenvalue weighted by atomic mass is 9.84. The number of carbonyl (C=O) groups excluding carboxylic acids is 1. The van der Waals surface area contributed by atoms with E-state index in [1.54, 1.807) is 0 Å². The molecule has 1 atom stereocenters. The number of hydrogen-bond donors (Lipinski definition) is 0. The van der Waals surface area contributed by atoms with E-state index in [1.165, 1.54) is 24.3 Å². The van der Waals surface area contributed by atoms with Crippen LogP contribution in [0.2, 0.25) is 0 Å². The first-order chi connectivity index (χ1) is 8.72. The Balaban J connectivity index is 2.15. The third-order valence-corrected chi connectivity index (χ3v) is 3.24. The smallest absolute Gasteiger partial charge is 0.157 e. The van der Waals surface area contributed by atoms with Crippen molar-refractivity contribution < 1.29 is 13.9 Å². The average molecular weight is 247 g/mol. The van der Waals surface area contributed by atoms with Crippen LogP contribution in [0.1, 0.15) is 24.3 Å². The maximum absolute atomic E-state index is 12.8. The lowest BCUT2D eigenvalue weighted by molar-refractivity contribution is -0.126. The van der Waals surface area contributed by atoms with Crippen molar-refractivity contribution in [3.63, 3.8) is 0 Å². The summed E-state index contributed by atoms with van der Waals surface area (Å²) >= 11 is 0. The number of ether oxygens (including phenoxy) is 1. The van der Waals surface area contributed by atoms with E-state index in [2.05, 4.69) is 0 Å². The number of carbonyl (C=O) groups is 1. The first-order valence-electron chi connectivity index (χ1n) is 5.99. The van der Waals surface area contributed by atoms with Crippen LogP contribution < -0.4 is 0 Å². The van der Waals surface area contributed by atoms with Gasteiger partial charge in [-0.1, -0.05) is 12.1 Å². The molecule has 0 amide bonds. The maximum atomic E-state index is 12.8. The highest BCUT2D eigenvalue weighted by Crippen LogP contribution is 2.25. The molecule has 4 heteroatoms. The number of rotatable bonds is 3. The van der Waals surface area contributed by atoms with Gasteiger partial charge in [-0.25, -0.2) is 4.39 Å². The zero-order valence-electron chi connectivity index (χ0n) is 9.93. The molecule has 18 heavy (non-hydrogen) atoms. The highest BCUT2D eigenvalue weighted by atomic mass is 19.1. The second-order valence-electron chi connectivity index (χ2n) is 4.40. The number of nitriles is 1. The van der Waals surface area contributed by atoms with E-state index in [4.69, 9.17) is 10.00 Å². The summed E-state index contributed by atoms with van der Waals surface area (Å²) in [6.45, 7) is 1.13. The van der Waals surface area contributed by atoms with Gasteiger partial charge in [-0.15, -0.1) is 0 Å². The van der Waals surface area contributed by atoms with Crippen molar-refractivity contribution in [2.24, 2.45) is 5.92 Å². The summed E-state index contributed by atoms with van der Waals surface area (Å²) in [7, 11) is 0. The minimum atomic E-state index is -0.798.